The molecule has 6 heteroatoms. The summed E-state index contributed by atoms with van der Waals surface area (Å²) in [5, 5.41) is 18.8. The molecule has 0 aliphatic rings. The van der Waals surface area contributed by atoms with Crippen molar-refractivity contribution in [2.45, 2.75) is 13.3 Å². The monoisotopic (exact) mass is 171 g/mol. The molecular weight excluding hydrogens is 162 g/mol. The number of aliphatic hydroxyl groups excluding tert-OH is 1. The highest BCUT2D eigenvalue weighted by molar-refractivity contribution is 5.19. The molecule has 6 nitrogen and oxygen atoms in total. The zero-order chi connectivity index (χ0) is 9.14. The fraction of sp³-hybridized carbons (Fsp3) is 0.500. The first-order valence-electron chi connectivity index (χ1n) is 3.46. The van der Waals surface area contributed by atoms with Crippen molar-refractivity contribution >= 4 is 5.95 Å². The van der Waals surface area contributed by atoms with Crippen LogP contribution in [0.5, 0.6) is 0 Å². The van der Waals surface area contributed by atoms with Gasteiger partial charge in [-0.05, 0) is 11.8 Å². The van der Waals surface area contributed by atoms with E-state index in [9.17, 15) is 10.1 Å². The Labute approximate surface area is 68.4 Å². The minimum atomic E-state index is -0.589. The largest absolute Gasteiger partial charge is 0.432 e. The summed E-state index contributed by atoms with van der Waals surface area (Å²) in [4.78, 5) is 15.8. The van der Waals surface area contributed by atoms with Gasteiger partial charge in [0.15, 0.2) is 5.69 Å². The van der Waals surface area contributed by atoms with Crippen LogP contribution in [0, 0.1) is 17.0 Å². The van der Waals surface area contributed by atoms with Gasteiger partial charge in [0.25, 0.3) is 0 Å². The van der Waals surface area contributed by atoms with Gasteiger partial charge in [-0.2, -0.15) is 0 Å². The van der Waals surface area contributed by atoms with Gasteiger partial charge in [0.2, 0.25) is 0 Å². The Morgan fingerprint density at radius 1 is 1.75 bits per heavy atom. The molecule has 1 rings (SSSR count). The average Bonchev–Trinajstić information content (AvgIpc) is 2.34. The Hall–Kier alpha value is -1.43. The molecule has 0 spiro atoms. The number of aryl methyl sites for hydroxylation is 1. The van der Waals surface area contributed by atoms with Gasteiger partial charge in [0, 0.05) is 6.42 Å². The van der Waals surface area contributed by atoms with Crippen molar-refractivity contribution in [1.82, 2.24) is 9.97 Å². The van der Waals surface area contributed by atoms with Crippen molar-refractivity contribution in [3.63, 3.8) is 0 Å². The number of hydrogen-bond donors (Lipinski definition) is 2. The van der Waals surface area contributed by atoms with Crippen molar-refractivity contribution in [3.05, 3.63) is 21.5 Å². The van der Waals surface area contributed by atoms with Gasteiger partial charge in [-0.25, -0.2) is 4.98 Å². The second kappa shape index (κ2) is 3.31. The number of aromatic nitrogens is 2. The van der Waals surface area contributed by atoms with E-state index in [1.807, 2.05) is 0 Å². The van der Waals surface area contributed by atoms with Crippen molar-refractivity contribution in [1.29, 1.82) is 0 Å². The lowest BCUT2D eigenvalue weighted by Crippen LogP contribution is -1.93. The lowest BCUT2D eigenvalue weighted by Gasteiger charge is -1.85. The third-order valence-electron chi connectivity index (χ3n) is 1.49. The highest BCUT2D eigenvalue weighted by atomic mass is 16.6. The van der Waals surface area contributed by atoms with Crippen molar-refractivity contribution in [2.75, 3.05) is 6.61 Å². The van der Waals surface area contributed by atoms with Crippen LogP contribution in [0.25, 0.3) is 0 Å². The summed E-state index contributed by atoms with van der Waals surface area (Å²) in [6, 6.07) is 0. The van der Waals surface area contributed by atoms with Crippen LogP contribution in [0.1, 0.15) is 11.4 Å². The Morgan fingerprint density at radius 3 is 2.83 bits per heavy atom. The van der Waals surface area contributed by atoms with E-state index in [1.165, 1.54) is 0 Å². The van der Waals surface area contributed by atoms with Crippen molar-refractivity contribution in [2.24, 2.45) is 0 Å². The normalized spacial score (nSPS) is 10.2. The van der Waals surface area contributed by atoms with Crippen LogP contribution in [0.15, 0.2) is 0 Å². The quantitative estimate of drug-likeness (QED) is 0.500. The summed E-state index contributed by atoms with van der Waals surface area (Å²) in [5.41, 5.74) is 1.18. The molecule has 0 saturated carbocycles. The zero-order valence-electron chi connectivity index (χ0n) is 6.57. The number of nitro groups is 1. The van der Waals surface area contributed by atoms with Crippen molar-refractivity contribution in [3.8, 4) is 0 Å². The van der Waals surface area contributed by atoms with E-state index in [2.05, 4.69) is 9.97 Å². The highest BCUT2D eigenvalue weighted by Crippen LogP contribution is 2.10. The standard InChI is InChI=1S/C6H9N3O3/c1-4-5(2-3-10)8-6(7-4)9(11)12/h10H,2-3H2,1H3,(H,7,8). The molecule has 0 aliphatic carbocycles. The highest BCUT2D eigenvalue weighted by Gasteiger charge is 2.15. The van der Waals surface area contributed by atoms with E-state index < -0.39 is 4.92 Å². The summed E-state index contributed by atoms with van der Waals surface area (Å²) in [7, 11) is 0. The second-order valence-electron chi connectivity index (χ2n) is 2.36. The number of nitrogens with one attached hydrogen (secondary N) is 1. The van der Waals surface area contributed by atoms with Crippen LogP contribution in [0.3, 0.4) is 0 Å². The fourth-order valence-corrected chi connectivity index (χ4v) is 0.915. The minimum Gasteiger partial charge on any atom is -0.396 e. The van der Waals surface area contributed by atoms with Gasteiger partial charge in [-0.15, -0.1) is 0 Å². The minimum absolute atomic E-state index is 0.0527. The molecule has 0 fully saturated rings. The molecule has 2 N–H and O–H groups in total. The van der Waals surface area contributed by atoms with Gasteiger partial charge < -0.3 is 15.2 Å². The van der Waals surface area contributed by atoms with Crippen LogP contribution in [0.2, 0.25) is 0 Å². The van der Waals surface area contributed by atoms with Gasteiger partial charge in [0.05, 0.1) is 6.61 Å². The molecule has 1 aromatic rings. The van der Waals surface area contributed by atoms with Gasteiger partial charge >= 0.3 is 5.95 Å². The molecule has 66 valence electrons. The van der Waals surface area contributed by atoms with Gasteiger partial charge in [-0.1, -0.05) is 4.98 Å². The maximum absolute atomic E-state index is 10.2. The number of rotatable bonds is 3. The molecule has 0 aliphatic heterocycles. The molecule has 12 heavy (non-hydrogen) atoms. The predicted molar refractivity (Wildman–Crippen MR) is 40.8 cm³/mol. The Balaban J connectivity index is 2.92. The Bertz CT molecular complexity index is 294. The summed E-state index contributed by atoms with van der Waals surface area (Å²) >= 11 is 0. The lowest BCUT2D eigenvalue weighted by molar-refractivity contribution is -0.393. The van der Waals surface area contributed by atoms with E-state index in [-0.39, 0.29) is 12.6 Å². The molecule has 0 bridgehead atoms. The Morgan fingerprint density at radius 2 is 2.42 bits per heavy atom. The summed E-state index contributed by atoms with van der Waals surface area (Å²) in [5.74, 6) is -0.268. The molecule has 0 atom stereocenters. The summed E-state index contributed by atoms with van der Waals surface area (Å²) in [6.07, 6.45) is 0.343. The third-order valence-corrected chi connectivity index (χ3v) is 1.49. The van der Waals surface area contributed by atoms with Crippen molar-refractivity contribution < 1.29 is 10.0 Å². The fourth-order valence-electron chi connectivity index (χ4n) is 0.915. The van der Waals surface area contributed by atoms with Crippen LogP contribution < -0.4 is 0 Å². The van der Waals surface area contributed by atoms with Gasteiger partial charge in [-0.3, -0.25) is 0 Å². The maximum Gasteiger partial charge on any atom is 0.432 e. The number of nitrogens with zero attached hydrogens (tertiary/aromatic N) is 2. The average molecular weight is 171 g/mol. The molecule has 1 aromatic heterocycles. The molecule has 0 unspecified atom stereocenters. The number of aliphatic hydroxyl groups is 1. The predicted octanol–water partition coefficient (Wildman–Crippen LogP) is 0.161. The molecule has 0 saturated heterocycles. The number of hydrogen-bond acceptors (Lipinski definition) is 4. The smallest absolute Gasteiger partial charge is 0.396 e. The number of imidazole rings is 1. The lowest BCUT2D eigenvalue weighted by atomic mass is 10.3. The zero-order valence-corrected chi connectivity index (χ0v) is 6.57. The number of aromatic amines is 1. The molecule has 0 aromatic carbocycles. The first kappa shape index (κ1) is 8.66. The SMILES string of the molecule is Cc1[nH]c([N+](=O)[O-])nc1CCO. The van der Waals surface area contributed by atoms with E-state index in [0.29, 0.717) is 17.8 Å². The molecule has 0 radical (unpaired) electrons. The first-order chi connectivity index (χ1) is 5.65. The van der Waals surface area contributed by atoms with Crippen LogP contribution >= 0.6 is 0 Å². The van der Waals surface area contributed by atoms with Gasteiger partial charge in [0.1, 0.15) is 5.69 Å². The van der Waals surface area contributed by atoms with E-state index in [4.69, 9.17) is 5.11 Å². The topological polar surface area (TPSA) is 92.0 Å². The molecule has 0 amide bonds. The maximum atomic E-state index is 10.2. The molecular formula is C6H9N3O3. The first-order valence-corrected chi connectivity index (χ1v) is 3.46. The molecule has 1 heterocycles. The third kappa shape index (κ3) is 1.59. The van der Waals surface area contributed by atoms with E-state index in [1.54, 1.807) is 6.92 Å². The van der Waals surface area contributed by atoms with E-state index >= 15 is 0 Å². The second-order valence-corrected chi connectivity index (χ2v) is 2.36. The van der Waals surface area contributed by atoms with Crippen LogP contribution in [-0.4, -0.2) is 26.6 Å². The number of H-pyrrole nitrogens is 1. The Kier molecular flexibility index (Phi) is 2.39. The summed E-state index contributed by atoms with van der Waals surface area (Å²) in [6.45, 7) is 1.63. The summed E-state index contributed by atoms with van der Waals surface area (Å²) < 4.78 is 0. The van der Waals surface area contributed by atoms with Crippen LogP contribution in [0.4, 0.5) is 5.95 Å². The van der Waals surface area contributed by atoms with Crippen LogP contribution in [-0.2, 0) is 6.42 Å². The van der Waals surface area contributed by atoms with E-state index in [0.717, 1.165) is 0 Å².